The van der Waals surface area contributed by atoms with Gasteiger partial charge in [-0.05, 0) is 24.7 Å². The zero-order valence-corrected chi connectivity index (χ0v) is 12.8. The number of nitrogens with two attached hydrogens (primary N) is 1. The lowest BCUT2D eigenvalue weighted by Crippen LogP contribution is -2.44. The van der Waals surface area contributed by atoms with Crippen molar-refractivity contribution in [2.24, 2.45) is 17.1 Å². The van der Waals surface area contributed by atoms with Gasteiger partial charge in [0.05, 0.1) is 6.10 Å². The van der Waals surface area contributed by atoms with Crippen LogP contribution < -0.4 is 5.73 Å². The van der Waals surface area contributed by atoms with Gasteiger partial charge in [-0.3, -0.25) is 0 Å². The van der Waals surface area contributed by atoms with E-state index in [4.69, 9.17) is 10.5 Å². The molecule has 104 valence electrons. The quantitative estimate of drug-likeness (QED) is 0.700. The molecule has 0 aromatic heterocycles. The topological polar surface area (TPSA) is 35.2 Å². The summed E-state index contributed by atoms with van der Waals surface area (Å²) in [5.41, 5.74) is 6.15. The summed E-state index contributed by atoms with van der Waals surface area (Å²) >= 11 is 0. The number of unbranched alkanes of at least 4 members (excludes halogenated alkanes) is 1. The summed E-state index contributed by atoms with van der Waals surface area (Å²) in [5, 5.41) is 0. The monoisotopic (exact) mass is 243 g/mol. The van der Waals surface area contributed by atoms with Crippen LogP contribution in [-0.4, -0.2) is 18.8 Å². The number of hydrogen-bond acceptors (Lipinski definition) is 2. The third-order valence-corrected chi connectivity index (χ3v) is 3.39. The molecule has 0 heterocycles. The van der Waals surface area contributed by atoms with Gasteiger partial charge in [0.25, 0.3) is 0 Å². The van der Waals surface area contributed by atoms with Gasteiger partial charge in [0.2, 0.25) is 0 Å². The maximum Gasteiger partial charge on any atom is 0.0771 e. The molecule has 0 aliphatic carbocycles. The minimum Gasteiger partial charge on any atom is -0.376 e. The molecular weight excluding hydrogens is 210 g/mol. The predicted molar refractivity (Wildman–Crippen MR) is 76.2 cm³/mol. The number of rotatable bonds is 8. The van der Waals surface area contributed by atoms with Crippen LogP contribution in [0.4, 0.5) is 0 Å². The Bertz CT molecular complexity index is 184. The molecule has 17 heavy (non-hydrogen) atoms. The summed E-state index contributed by atoms with van der Waals surface area (Å²) in [5.74, 6) is 0.693. The smallest absolute Gasteiger partial charge is 0.0771 e. The molecular formula is C15H33NO. The van der Waals surface area contributed by atoms with Crippen molar-refractivity contribution >= 4 is 0 Å². The van der Waals surface area contributed by atoms with Gasteiger partial charge in [-0.1, -0.05) is 53.9 Å². The fourth-order valence-electron chi connectivity index (χ4n) is 2.33. The molecule has 0 aliphatic rings. The average Bonchev–Trinajstić information content (AvgIpc) is 2.20. The van der Waals surface area contributed by atoms with Crippen LogP contribution in [0.25, 0.3) is 0 Å². The highest BCUT2D eigenvalue weighted by Gasteiger charge is 2.29. The molecule has 0 spiro atoms. The van der Waals surface area contributed by atoms with E-state index in [1.54, 1.807) is 0 Å². The Kier molecular flexibility index (Phi) is 8.06. The average molecular weight is 243 g/mol. The minimum absolute atomic E-state index is 0.0960. The predicted octanol–water partition coefficient (Wildman–Crippen LogP) is 3.98. The summed E-state index contributed by atoms with van der Waals surface area (Å²) in [6.07, 6.45) is 5.21. The van der Waals surface area contributed by atoms with Gasteiger partial charge in [-0.25, -0.2) is 0 Å². The fourth-order valence-corrected chi connectivity index (χ4v) is 2.33. The molecule has 2 N–H and O–H groups in total. The maximum atomic E-state index is 6.09. The van der Waals surface area contributed by atoms with Gasteiger partial charge >= 0.3 is 0 Å². The number of hydrogen-bond donors (Lipinski definition) is 1. The molecule has 0 bridgehead atoms. The summed E-state index contributed by atoms with van der Waals surface area (Å²) in [6.45, 7) is 14.0. The zero-order valence-electron chi connectivity index (χ0n) is 12.8. The molecule has 0 aromatic rings. The first-order valence-electron chi connectivity index (χ1n) is 7.20. The van der Waals surface area contributed by atoms with Crippen LogP contribution in [0.5, 0.6) is 0 Å². The van der Waals surface area contributed by atoms with Gasteiger partial charge in [0, 0.05) is 12.6 Å². The van der Waals surface area contributed by atoms with Crippen molar-refractivity contribution in [2.45, 2.75) is 79.4 Å². The zero-order chi connectivity index (χ0) is 13.5. The minimum atomic E-state index is 0.0960. The van der Waals surface area contributed by atoms with Crippen molar-refractivity contribution in [3.05, 3.63) is 0 Å². The second kappa shape index (κ2) is 8.10. The summed E-state index contributed by atoms with van der Waals surface area (Å²) in [6, 6.07) is 0.0960. The SMILES string of the molecule is CCCCC(CC)COC(C(C)N)C(C)(C)C. The first-order valence-corrected chi connectivity index (χ1v) is 7.20. The largest absolute Gasteiger partial charge is 0.376 e. The summed E-state index contributed by atoms with van der Waals surface area (Å²) in [7, 11) is 0. The molecule has 2 heteroatoms. The Morgan fingerprint density at radius 3 is 2.12 bits per heavy atom. The molecule has 0 saturated carbocycles. The van der Waals surface area contributed by atoms with E-state index in [9.17, 15) is 0 Å². The summed E-state index contributed by atoms with van der Waals surface area (Å²) < 4.78 is 6.09. The van der Waals surface area contributed by atoms with E-state index in [-0.39, 0.29) is 17.6 Å². The highest BCUT2D eigenvalue weighted by atomic mass is 16.5. The third-order valence-electron chi connectivity index (χ3n) is 3.39. The molecule has 3 atom stereocenters. The van der Waals surface area contributed by atoms with E-state index < -0.39 is 0 Å². The normalized spacial score (nSPS) is 17.8. The Morgan fingerprint density at radius 1 is 1.18 bits per heavy atom. The molecule has 3 unspecified atom stereocenters. The Balaban J connectivity index is 4.19. The highest BCUT2D eigenvalue weighted by Crippen LogP contribution is 2.25. The van der Waals surface area contributed by atoms with Crippen molar-refractivity contribution in [3.8, 4) is 0 Å². The van der Waals surface area contributed by atoms with Crippen molar-refractivity contribution < 1.29 is 4.74 Å². The Morgan fingerprint density at radius 2 is 1.76 bits per heavy atom. The molecule has 0 amide bonds. The second-order valence-electron chi connectivity index (χ2n) is 6.40. The van der Waals surface area contributed by atoms with Crippen LogP contribution >= 0.6 is 0 Å². The standard InChI is InChI=1S/C15H33NO/c1-7-9-10-13(8-2)11-17-14(12(3)16)15(4,5)6/h12-14H,7-11,16H2,1-6H3. The maximum absolute atomic E-state index is 6.09. The third kappa shape index (κ3) is 7.05. The van der Waals surface area contributed by atoms with Gasteiger partial charge in [0.1, 0.15) is 0 Å². The summed E-state index contributed by atoms with van der Waals surface area (Å²) in [4.78, 5) is 0. The van der Waals surface area contributed by atoms with E-state index in [0.29, 0.717) is 5.92 Å². The lowest BCUT2D eigenvalue weighted by molar-refractivity contribution is -0.0463. The molecule has 0 radical (unpaired) electrons. The van der Waals surface area contributed by atoms with Crippen LogP contribution in [0, 0.1) is 11.3 Å². The molecule has 0 saturated heterocycles. The van der Waals surface area contributed by atoms with Crippen LogP contribution in [0.1, 0.15) is 67.2 Å². The second-order valence-corrected chi connectivity index (χ2v) is 6.40. The van der Waals surface area contributed by atoms with Crippen LogP contribution in [-0.2, 0) is 4.74 Å². The van der Waals surface area contributed by atoms with Gasteiger partial charge < -0.3 is 10.5 Å². The molecule has 0 aliphatic heterocycles. The Labute approximate surface area is 108 Å². The number of ether oxygens (including phenoxy) is 1. The van der Waals surface area contributed by atoms with Crippen LogP contribution in [0.3, 0.4) is 0 Å². The van der Waals surface area contributed by atoms with E-state index in [0.717, 1.165) is 6.61 Å². The molecule has 0 fully saturated rings. The first-order chi connectivity index (χ1) is 7.82. The van der Waals surface area contributed by atoms with Crippen molar-refractivity contribution in [1.82, 2.24) is 0 Å². The van der Waals surface area contributed by atoms with Crippen LogP contribution in [0.2, 0.25) is 0 Å². The Hall–Kier alpha value is -0.0800. The van der Waals surface area contributed by atoms with E-state index >= 15 is 0 Å². The molecule has 0 rings (SSSR count). The lowest BCUT2D eigenvalue weighted by Gasteiger charge is -2.34. The molecule has 0 aromatic carbocycles. The fraction of sp³-hybridized carbons (Fsp3) is 1.00. The van der Waals surface area contributed by atoms with Crippen molar-refractivity contribution in [2.75, 3.05) is 6.61 Å². The first kappa shape index (κ1) is 16.9. The van der Waals surface area contributed by atoms with Gasteiger partial charge in [-0.2, -0.15) is 0 Å². The van der Waals surface area contributed by atoms with E-state index in [1.807, 2.05) is 6.92 Å². The van der Waals surface area contributed by atoms with Crippen molar-refractivity contribution in [3.63, 3.8) is 0 Å². The highest BCUT2D eigenvalue weighted by molar-refractivity contribution is 4.81. The van der Waals surface area contributed by atoms with Crippen molar-refractivity contribution in [1.29, 1.82) is 0 Å². The van der Waals surface area contributed by atoms with Gasteiger partial charge in [-0.15, -0.1) is 0 Å². The molecule has 2 nitrogen and oxygen atoms in total. The lowest BCUT2D eigenvalue weighted by atomic mass is 9.85. The van der Waals surface area contributed by atoms with Crippen LogP contribution in [0.15, 0.2) is 0 Å². The van der Waals surface area contributed by atoms with E-state index in [2.05, 4.69) is 34.6 Å². The van der Waals surface area contributed by atoms with Gasteiger partial charge in [0.15, 0.2) is 0 Å². The van der Waals surface area contributed by atoms with E-state index in [1.165, 1.54) is 25.7 Å².